The molecule has 1 spiro atoms. The Hall–Kier alpha value is 0.190. The molecule has 5 rings (SSSR count). The molecule has 11 heteroatoms. The number of carbonyl (C=O) groups is 1. The van der Waals surface area contributed by atoms with Gasteiger partial charge in [0.2, 0.25) is 0 Å². The number of benzene rings is 2. The molecule has 192 valence electrons. The SMILES string of the molecule is Fc1cc(Br)c2c(c1F)C1(CCC2)SCCS1.O=C1CCCc2c(Br)cc(F)c(F)c21.SCCS. The summed E-state index contributed by atoms with van der Waals surface area (Å²) in [6, 6.07) is 2.34. The van der Waals surface area contributed by atoms with Gasteiger partial charge in [0.05, 0.1) is 9.64 Å². The summed E-state index contributed by atoms with van der Waals surface area (Å²) in [4.78, 5) is 11.4. The van der Waals surface area contributed by atoms with Crippen LogP contribution in [0.3, 0.4) is 0 Å². The maximum Gasteiger partial charge on any atom is 0.169 e. The third-order valence-corrected chi connectivity index (χ3v) is 11.6. The number of halogens is 6. The molecule has 0 amide bonds. The van der Waals surface area contributed by atoms with E-state index >= 15 is 0 Å². The molecule has 1 nitrogen and oxygen atoms in total. The van der Waals surface area contributed by atoms with Gasteiger partial charge in [-0.1, -0.05) is 31.9 Å². The van der Waals surface area contributed by atoms with Crippen molar-refractivity contribution in [3.05, 3.63) is 66.6 Å². The second kappa shape index (κ2) is 13.3. The van der Waals surface area contributed by atoms with Crippen molar-refractivity contribution in [2.75, 3.05) is 23.0 Å². The van der Waals surface area contributed by atoms with Crippen LogP contribution in [0.2, 0.25) is 0 Å². The Kier molecular flexibility index (Phi) is 11.3. The number of Topliss-reactive ketones (excluding diaryl/α,β-unsaturated/α-hetero) is 1. The van der Waals surface area contributed by atoms with E-state index in [1.807, 2.05) is 0 Å². The molecule has 0 aromatic heterocycles. The molecule has 0 atom stereocenters. The zero-order valence-electron chi connectivity index (χ0n) is 18.6. The van der Waals surface area contributed by atoms with Crippen LogP contribution in [0.15, 0.2) is 21.1 Å². The van der Waals surface area contributed by atoms with E-state index < -0.39 is 23.3 Å². The van der Waals surface area contributed by atoms with Gasteiger partial charge in [-0.25, -0.2) is 17.6 Å². The standard InChI is InChI=1S/C12H11BrF2S2.C10H7BrF2O.C2H6S2/c13-8-6-9(14)11(15)10-7(8)2-1-3-12(10)16-4-5-17-12;11-6-4-7(12)10(13)9-5(6)2-1-3-8(9)14;3-1-2-4/h6H,1-5H2;4H,1-3H2;3-4H,1-2H2. The molecular weight excluding hydrogens is 668 g/mol. The molecule has 2 aromatic carbocycles. The second-order valence-corrected chi connectivity index (χ2v) is 13.7. The Morgan fingerprint density at radius 2 is 1.37 bits per heavy atom. The lowest BCUT2D eigenvalue weighted by Crippen LogP contribution is -2.24. The molecule has 2 aromatic rings. The predicted octanol–water partition coefficient (Wildman–Crippen LogP) is 8.79. The Balaban J connectivity index is 0.000000173. The average molecular weight is 693 g/mol. The fourth-order valence-corrected chi connectivity index (χ4v) is 9.01. The van der Waals surface area contributed by atoms with Crippen LogP contribution >= 0.6 is 80.6 Å². The van der Waals surface area contributed by atoms with Crippen molar-refractivity contribution < 1.29 is 22.4 Å². The molecule has 0 N–H and O–H groups in total. The summed E-state index contributed by atoms with van der Waals surface area (Å²) in [5, 5.41) is 0. The van der Waals surface area contributed by atoms with Crippen molar-refractivity contribution in [2.45, 2.75) is 42.6 Å². The Labute approximate surface area is 239 Å². The van der Waals surface area contributed by atoms with Crippen molar-refractivity contribution in [3.63, 3.8) is 0 Å². The van der Waals surface area contributed by atoms with Crippen molar-refractivity contribution in [2.24, 2.45) is 0 Å². The van der Waals surface area contributed by atoms with E-state index in [0.717, 1.165) is 58.4 Å². The first kappa shape index (κ1) is 29.7. The number of fused-ring (bicyclic) bond motifs is 3. The summed E-state index contributed by atoms with van der Waals surface area (Å²) < 4.78 is 55.0. The Bertz CT molecular complexity index is 1090. The van der Waals surface area contributed by atoms with Crippen molar-refractivity contribution in [3.8, 4) is 0 Å². The molecule has 1 fully saturated rings. The van der Waals surface area contributed by atoms with E-state index in [4.69, 9.17) is 0 Å². The van der Waals surface area contributed by atoms with E-state index in [1.54, 1.807) is 23.5 Å². The molecule has 1 saturated heterocycles. The summed E-state index contributed by atoms with van der Waals surface area (Å²) in [6.45, 7) is 0. The maximum atomic E-state index is 14.1. The molecule has 1 heterocycles. The molecular formula is C24H24Br2F4OS4. The molecule has 0 radical (unpaired) electrons. The topological polar surface area (TPSA) is 17.1 Å². The lowest BCUT2D eigenvalue weighted by molar-refractivity contribution is 0.0966. The van der Waals surface area contributed by atoms with Gasteiger partial charge >= 0.3 is 0 Å². The van der Waals surface area contributed by atoms with Crippen LogP contribution < -0.4 is 0 Å². The third-order valence-electron chi connectivity index (χ3n) is 5.82. The van der Waals surface area contributed by atoms with E-state index in [9.17, 15) is 22.4 Å². The first-order valence-electron chi connectivity index (χ1n) is 11.0. The zero-order chi connectivity index (χ0) is 25.8. The number of carbonyl (C=O) groups excluding carboxylic acids is 1. The van der Waals surface area contributed by atoms with Gasteiger partial charge in [0, 0.05) is 32.4 Å². The smallest absolute Gasteiger partial charge is 0.169 e. The molecule has 0 bridgehead atoms. The summed E-state index contributed by atoms with van der Waals surface area (Å²) in [7, 11) is 0. The van der Waals surface area contributed by atoms with Crippen LogP contribution in [0.5, 0.6) is 0 Å². The van der Waals surface area contributed by atoms with Gasteiger partial charge in [-0.2, -0.15) is 25.3 Å². The monoisotopic (exact) mass is 690 g/mol. The molecule has 0 unspecified atom stereocenters. The molecule has 35 heavy (non-hydrogen) atoms. The van der Waals surface area contributed by atoms with Crippen LogP contribution in [-0.2, 0) is 16.9 Å². The minimum absolute atomic E-state index is 0.0666. The first-order valence-corrected chi connectivity index (χ1v) is 15.8. The molecule has 0 saturated carbocycles. The average Bonchev–Trinajstić information content (AvgIpc) is 3.30. The number of rotatable bonds is 1. The van der Waals surface area contributed by atoms with E-state index in [-0.39, 0.29) is 15.4 Å². The summed E-state index contributed by atoms with van der Waals surface area (Å²) in [5.41, 5.74) is 2.11. The molecule has 2 aliphatic carbocycles. The van der Waals surface area contributed by atoms with Gasteiger partial charge in [0.25, 0.3) is 0 Å². The van der Waals surface area contributed by atoms with Gasteiger partial charge in [-0.15, -0.1) is 23.5 Å². The van der Waals surface area contributed by atoms with Crippen molar-refractivity contribution in [1.82, 2.24) is 0 Å². The number of ketones is 1. The maximum absolute atomic E-state index is 14.1. The molecule has 1 aliphatic heterocycles. The third kappa shape index (κ3) is 6.61. The Morgan fingerprint density at radius 1 is 0.829 bits per heavy atom. The highest BCUT2D eigenvalue weighted by atomic mass is 79.9. The van der Waals surface area contributed by atoms with Gasteiger partial charge in [0.1, 0.15) is 0 Å². The second-order valence-electron chi connectivity index (χ2n) is 8.04. The fourth-order valence-electron chi connectivity index (χ4n) is 4.36. The quantitative estimate of drug-likeness (QED) is 0.177. The van der Waals surface area contributed by atoms with Crippen LogP contribution in [0.25, 0.3) is 0 Å². The van der Waals surface area contributed by atoms with Crippen LogP contribution in [0.1, 0.15) is 52.7 Å². The van der Waals surface area contributed by atoms with Crippen LogP contribution in [0, 0.1) is 23.3 Å². The highest BCUT2D eigenvalue weighted by Gasteiger charge is 2.44. The van der Waals surface area contributed by atoms with Crippen molar-refractivity contribution >= 4 is 86.4 Å². The van der Waals surface area contributed by atoms with Crippen LogP contribution in [0.4, 0.5) is 17.6 Å². The summed E-state index contributed by atoms with van der Waals surface area (Å²) in [5.74, 6) is 0.166. The first-order chi connectivity index (χ1) is 16.7. The molecule has 3 aliphatic rings. The van der Waals surface area contributed by atoms with Gasteiger partial charge in [-0.3, -0.25) is 4.79 Å². The van der Waals surface area contributed by atoms with E-state index in [1.165, 1.54) is 6.07 Å². The van der Waals surface area contributed by atoms with E-state index in [2.05, 4.69) is 57.1 Å². The highest BCUT2D eigenvalue weighted by molar-refractivity contribution is 9.10. The minimum atomic E-state index is -1.01. The Morgan fingerprint density at radius 3 is 1.97 bits per heavy atom. The lowest BCUT2D eigenvalue weighted by atomic mass is 9.90. The van der Waals surface area contributed by atoms with Gasteiger partial charge < -0.3 is 0 Å². The number of thiol groups is 2. The summed E-state index contributed by atoms with van der Waals surface area (Å²) in [6.07, 6.45) is 4.48. The van der Waals surface area contributed by atoms with Gasteiger partial charge in [-0.05, 0) is 66.9 Å². The number of hydrogen-bond donors (Lipinski definition) is 2. The largest absolute Gasteiger partial charge is 0.294 e. The minimum Gasteiger partial charge on any atom is -0.294 e. The van der Waals surface area contributed by atoms with Crippen molar-refractivity contribution in [1.29, 1.82) is 0 Å². The lowest BCUT2D eigenvalue weighted by Gasteiger charge is -2.35. The fraction of sp³-hybridized carbons (Fsp3) is 0.458. The number of hydrogen-bond acceptors (Lipinski definition) is 5. The van der Waals surface area contributed by atoms with Gasteiger partial charge in [0.15, 0.2) is 29.1 Å². The normalized spacial score (nSPS) is 17.7. The summed E-state index contributed by atoms with van der Waals surface area (Å²) >= 11 is 17.7. The predicted molar refractivity (Wildman–Crippen MR) is 153 cm³/mol. The number of thioether (sulfide) groups is 2. The zero-order valence-corrected chi connectivity index (χ0v) is 25.2. The van der Waals surface area contributed by atoms with E-state index in [0.29, 0.717) is 34.9 Å². The van der Waals surface area contributed by atoms with Crippen LogP contribution in [-0.4, -0.2) is 28.8 Å². The highest BCUT2D eigenvalue weighted by Crippen LogP contribution is 2.59.